The molecule has 0 aliphatic carbocycles. The lowest BCUT2D eigenvalue weighted by Crippen LogP contribution is -2.11. The number of halogens is 1. The fraction of sp³-hybridized carbons (Fsp3) is 0.308. The van der Waals surface area contributed by atoms with Gasteiger partial charge in [-0.15, -0.1) is 0 Å². The number of hydrogen-bond acceptors (Lipinski definition) is 1. The summed E-state index contributed by atoms with van der Waals surface area (Å²) >= 11 is 6.19. The van der Waals surface area contributed by atoms with Crippen LogP contribution in [-0.2, 0) is 5.41 Å². The third kappa shape index (κ3) is 1.98. The van der Waals surface area contributed by atoms with Crippen LogP contribution >= 0.6 is 11.6 Å². The number of aromatic amines is 1. The predicted octanol–water partition coefficient (Wildman–Crippen LogP) is 4.03. The summed E-state index contributed by atoms with van der Waals surface area (Å²) in [5, 5.41) is 7.90. The summed E-state index contributed by atoms with van der Waals surface area (Å²) in [5.74, 6) is 0. The summed E-state index contributed by atoms with van der Waals surface area (Å²) in [7, 11) is 0. The van der Waals surface area contributed by atoms with E-state index in [-0.39, 0.29) is 5.41 Å². The molecule has 1 heterocycles. The van der Waals surface area contributed by atoms with Crippen LogP contribution in [0.1, 0.15) is 26.3 Å². The smallest absolute Gasteiger partial charge is 0.0702 e. The van der Waals surface area contributed by atoms with Gasteiger partial charge in [0.15, 0.2) is 0 Å². The molecular weight excluding hydrogens is 220 g/mol. The van der Waals surface area contributed by atoms with E-state index in [1.54, 1.807) is 0 Å². The average Bonchev–Trinajstić information content (AvgIpc) is 2.66. The molecule has 2 aromatic rings. The van der Waals surface area contributed by atoms with Crippen LogP contribution in [0.2, 0.25) is 5.02 Å². The molecule has 0 aliphatic rings. The van der Waals surface area contributed by atoms with Crippen molar-refractivity contribution in [3.63, 3.8) is 0 Å². The second-order valence-electron chi connectivity index (χ2n) is 4.89. The fourth-order valence-electron chi connectivity index (χ4n) is 1.72. The number of rotatable bonds is 1. The molecule has 0 amide bonds. The Balaban J connectivity index is 2.58. The lowest BCUT2D eigenvalue weighted by atomic mass is 9.86. The van der Waals surface area contributed by atoms with E-state index in [2.05, 4.69) is 31.0 Å². The average molecular weight is 235 g/mol. The van der Waals surface area contributed by atoms with E-state index in [1.807, 2.05) is 30.5 Å². The van der Waals surface area contributed by atoms with Gasteiger partial charge < -0.3 is 0 Å². The molecule has 0 unspecified atom stereocenters. The lowest BCUT2D eigenvalue weighted by Gasteiger charge is -2.18. The van der Waals surface area contributed by atoms with E-state index in [0.717, 1.165) is 16.3 Å². The van der Waals surface area contributed by atoms with Crippen LogP contribution in [0.25, 0.3) is 11.3 Å². The Morgan fingerprint density at radius 2 is 1.88 bits per heavy atom. The van der Waals surface area contributed by atoms with E-state index >= 15 is 0 Å². The minimum Gasteiger partial charge on any atom is -0.277 e. The van der Waals surface area contributed by atoms with Gasteiger partial charge in [0.25, 0.3) is 0 Å². The van der Waals surface area contributed by atoms with Crippen molar-refractivity contribution >= 4 is 11.6 Å². The molecule has 0 saturated carbocycles. The first-order valence-corrected chi connectivity index (χ1v) is 5.66. The van der Waals surface area contributed by atoms with Crippen molar-refractivity contribution in [2.75, 3.05) is 0 Å². The highest BCUT2D eigenvalue weighted by Gasteiger charge is 2.21. The summed E-state index contributed by atoms with van der Waals surface area (Å²) in [5.41, 5.74) is 3.26. The molecule has 3 heteroatoms. The first-order chi connectivity index (χ1) is 7.50. The molecule has 84 valence electrons. The maximum Gasteiger partial charge on any atom is 0.0702 e. The topological polar surface area (TPSA) is 28.7 Å². The summed E-state index contributed by atoms with van der Waals surface area (Å²) in [6, 6.07) is 7.81. The summed E-state index contributed by atoms with van der Waals surface area (Å²) < 4.78 is 0. The van der Waals surface area contributed by atoms with Crippen molar-refractivity contribution in [1.82, 2.24) is 10.2 Å². The van der Waals surface area contributed by atoms with Gasteiger partial charge in [-0.05, 0) is 11.5 Å². The minimum absolute atomic E-state index is 0.0570. The largest absolute Gasteiger partial charge is 0.277 e. The highest BCUT2D eigenvalue weighted by molar-refractivity contribution is 6.33. The molecule has 2 rings (SSSR count). The summed E-state index contributed by atoms with van der Waals surface area (Å²) in [6.45, 7) is 6.49. The number of H-pyrrole nitrogens is 1. The van der Waals surface area contributed by atoms with Crippen LogP contribution in [0.3, 0.4) is 0 Å². The van der Waals surface area contributed by atoms with Gasteiger partial charge in [0.05, 0.1) is 11.9 Å². The van der Waals surface area contributed by atoms with Gasteiger partial charge in [-0.2, -0.15) is 5.10 Å². The number of aromatic nitrogens is 2. The number of hydrogen-bond donors (Lipinski definition) is 1. The van der Waals surface area contributed by atoms with Gasteiger partial charge in [0.2, 0.25) is 0 Å². The van der Waals surface area contributed by atoms with Crippen LogP contribution in [0.15, 0.2) is 30.5 Å². The van der Waals surface area contributed by atoms with Crippen molar-refractivity contribution in [1.29, 1.82) is 0 Å². The van der Waals surface area contributed by atoms with Crippen molar-refractivity contribution < 1.29 is 0 Å². The zero-order chi connectivity index (χ0) is 11.8. The maximum absolute atomic E-state index is 6.19. The number of nitrogens with zero attached hydrogens (tertiary/aromatic N) is 1. The molecule has 0 aliphatic heterocycles. The maximum atomic E-state index is 6.19. The van der Waals surface area contributed by atoms with Crippen LogP contribution < -0.4 is 0 Å². The van der Waals surface area contributed by atoms with E-state index in [0.29, 0.717) is 0 Å². The fourth-order valence-corrected chi connectivity index (χ4v) is 1.95. The lowest BCUT2D eigenvalue weighted by molar-refractivity contribution is 0.592. The highest BCUT2D eigenvalue weighted by Crippen LogP contribution is 2.34. The quantitative estimate of drug-likeness (QED) is 0.793. The van der Waals surface area contributed by atoms with Gasteiger partial charge in [0.1, 0.15) is 0 Å². The second kappa shape index (κ2) is 3.95. The molecule has 1 N–H and O–H groups in total. The highest BCUT2D eigenvalue weighted by atomic mass is 35.5. The molecule has 0 atom stereocenters. The third-order valence-corrected chi connectivity index (χ3v) is 2.92. The zero-order valence-electron chi connectivity index (χ0n) is 9.71. The molecule has 0 radical (unpaired) electrons. The Kier molecular flexibility index (Phi) is 2.76. The first kappa shape index (κ1) is 11.2. The van der Waals surface area contributed by atoms with Crippen LogP contribution in [0, 0.1) is 0 Å². The molecule has 16 heavy (non-hydrogen) atoms. The zero-order valence-corrected chi connectivity index (χ0v) is 10.5. The van der Waals surface area contributed by atoms with Gasteiger partial charge in [0, 0.05) is 16.1 Å². The second-order valence-corrected chi connectivity index (χ2v) is 5.30. The third-order valence-electron chi connectivity index (χ3n) is 2.59. The van der Waals surface area contributed by atoms with E-state index < -0.39 is 0 Å². The van der Waals surface area contributed by atoms with Crippen LogP contribution in [-0.4, -0.2) is 10.2 Å². The molecule has 0 saturated heterocycles. The van der Waals surface area contributed by atoms with E-state index in [9.17, 15) is 0 Å². The Labute approximate surface area is 101 Å². The SMILES string of the molecule is CC(C)(C)c1cn[nH]c1-c1ccccc1Cl. The molecule has 1 aromatic carbocycles. The van der Waals surface area contributed by atoms with Crippen molar-refractivity contribution in [3.8, 4) is 11.3 Å². The standard InChI is InChI=1S/C13H15ClN2/c1-13(2,3)10-8-15-16-12(10)9-6-4-5-7-11(9)14/h4-8H,1-3H3,(H,15,16). The van der Waals surface area contributed by atoms with Gasteiger partial charge in [-0.3, -0.25) is 5.10 Å². The summed E-state index contributed by atoms with van der Waals surface area (Å²) in [6.07, 6.45) is 1.87. The first-order valence-electron chi connectivity index (χ1n) is 5.29. The Bertz CT molecular complexity index is 495. The Hall–Kier alpha value is -1.28. The van der Waals surface area contributed by atoms with Gasteiger partial charge in [-0.25, -0.2) is 0 Å². The van der Waals surface area contributed by atoms with Crippen LogP contribution in [0.4, 0.5) is 0 Å². The monoisotopic (exact) mass is 234 g/mol. The predicted molar refractivity (Wildman–Crippen MR) is 67.7 cm³/mol. The molecular formula is C13H15ClN2. The molecule has 2 nitrogen and oxygen atoms in total. The summed E-state index contributed by atoms with van der Waals surface area (Å²) in [4.78, 5) is 0. The number of benzene rings is 1. The van der Waals surface area contributed by atoms with Crippen LogP contribution in [0.5, 0.6) is 0 Å². The van der Waals surface area contributed by atoms with E-state index in [4.69, 9.17) is 11.6 Å². The van der Waals surface area contributed by atoms with Crippen molar-refractivity contribution in [2.24, 2.45) is 0 Å². The normalized spacial score (nSPS) is 11.8. The van der Waals surface area contributed by atoms with Gasteiger partial charge >= 0.3 is 0 Å². The molecule has 1 aromatic heterocycles. The molecule has 0 spiro atoms. The molecule has 0 fully saturated rings. The Morgan fingerprint density at radius 1 is 1.19 bits per heavy atom. The number of nitrogens with one attached hydrogen (secondary N) is 1. The Morgan fingerprint density at radius 3 is 2.50 bits per heavy atom. The van der Waals surface area contributed by atoms with Gasteiger partial charge in [-0.1, -0.05) is 50.6 Å². The van der Waals surface area contributed by atoms with Crippen molar-refractivity contribution in [2.45, 2.75) is 26.2 Å². The molecule has 0 bridgehead atoms. The minimum atomic E-state index is 0.0570. The van der Waals surface area contributed by atoms with Crippen molar-refractivity contribution in [3.05, 3.63) is 41.0 Å². The van der Waals surface area contributed by atoms with E-state index in [1.165, 1.54) is 5.56 Å².